The minimum atomic E-state index is -4.60. The maximum Gasteiger partial charge on any atom is 1.00 e. The number of hydrogen-bond donors (Lipinski definition) is 1. The maximum absolute atomic E-state index is 11.0. The van der Waals surface area contributed by atoms with Crippen LogP contribution in [0, 0.1) is 0 Å². The van der Waals surface area contributed by atoms with E-state index in [0.717, 1.165) is 12.1 Å². The molecule has 0 atom stereocenters. The van der Waals surface area contributed by atoms with E-state index in [1.165, 1.54) is 30.3 Å². The van der Waals surface area contributed by atoms with E-state index in [1.807, 2.05) is 0 Å². The van der Waals surface area contributed by atoms with E-state index >= 15 is 0 Å². The monoisotopic (exact) mass is 459 g/mol. The summed E-state index contributed by atoms with van der Waals surface area (Å²) >= 11 is 0. The van der Waals surface area contributed by atoms with Gasteiger partial charge in [-0.1, -0.05) is 6.07 Å². The van der Waals surface area contributed by atoms with Crippen LogP contribution in [0.5, 0.6) is 5.75 Å². The first-order valence-corrected chi connectivity index (χ1v) is 10.5. The first kappa shape index (κ1) is 28.5. The molecular weight excluding hydrogens is 444 g/mol. The average Bonchev–Trinajstić information content (AvgIpc) is 2.57. The van der Waals surface area contributed by atoms with Crippen LogP contribution >= 0.6 is 0 Å². The summed E-state index contributed by atoms with van der Waals surface area (Å²) in [5.41, 5.74) is 6.51. The normalized spacial score (nSPS) is 11.5. The van der Waals surface area contributed by atoms with Gasteiger partial charge in [0.2, 0.25) is 0 Å². The van der Waals surface area contributed by atoms with Crippen molar-refractivity contribution in [2.45, 2.75) is 11.3 Å². The van der Waals surface area contributed by atoms with Crippen LogP contribution in [-0.2, 0) is 20.2 Å². The first-order chi connectivity index (χ1) is 12.5. The zero-order chi connectivity index (χ0) is 20.1. The second-order valence-corrected chi connectivity index (χ2v) is 8.24. The smallest absolute Gasteiger partial charge is 0.748 e. The largest absolute Gasteiger partial charge is 1.00 e. The Bertz CT molecular complexity index is 1060. The van der Waals surface area contributed by atoms with Crippen molar-refractivity contribution in [1.29, 1.82) is 0 Å². The fourth-order valence-electron chi connectivity index (χ4n) is 1.94. The summed E-state index contributed by atoms with van der Waals surface area (Å²) in [7, 11) is -8.91. The number of rotatable bonds is 8. The Morgan fingerprint density at radius 1 is 0.931 bits per heavy atom. The molecule has 0 heterocycles. The summed E-state index contributed by atoms with van der Waals surface area (Å²) in [6.45, 7) is -0.0321. The van der Waals surface area contributed by atoms with Gasteiger partial charge in [0.15, 0.2) is 0 Å². The second-order valence-electron chi connectivity index (χ2n) is 5.34. The first-order valence-electron chi connectivity index (χ1n) is 7.48. The number of azo groups is 1. The van der Waals surface area contributed by atoms with Crippen LogP contribution in [-0.4, -0.2) is 38.3 Å². The third-order valence-electron chi connectivity index (χ3n) is 3.18. The molecule has 0 amide bonds. The fraction of sp³-hybridized carbons (Fsp3) is 0.200. The quantitative estimate of drug-likeness (QED) is 0.136. The summed E-state index contributed by atoms with van der Waals surface area (Å²) in [6.07, 6.45) is 0.00742. The van der Waals surface area contributed by atoms with Gasteiger partial charge in [-0.05, 0) is 36.8 Å². The number of hydrogen-bond acceptors (Lipinski definition) is 10. The third kappa shape index (κ3) is 10.4. The Labute approximate surface area is 213 Å². The van der Waals surface area contributed by atoms with Crippen molar-refractivity contribution in [2.75, 3.05) is 18.1 Å². The SMILES string of the molecule is Nc1ccc(N=Nc2cccc(S(=O)(=O)[O-])c2)cc1OCCCS(=O)(=O)[O-].[Na+].[Na+]. The van der Waals surface area contributed by atoms with E-state index in [4.69, 9.17) is 10.5 Å². The minimum absolute atomic E-state index is 0. The van der Waals surface area contributed by atoms with Crippen LogP contribution in [0.2, 0.25) is 0 Å². The molecule has 0 saturated heterocycles. The van der Waals surface area contributed by atoms with Gasteiger partial charge in [0, 0.05) is 11.8 Å². The summed E-state index contributed by atoms with van der Waals surface area (Å²) in [5.74, 6) is -0.323. The number of nitrogens with zero attached hydrogens (tertiary/aromatic N) is 2. The van der Waals surface area contributed by atoms with Crippen molar-refractivity contribution >= 4 is 37.3 Å². The number of benzene rings is 2. The maximum atomic E-state index is 11.0. The molecule has 0 aromatic heterocycles. The summed E-state index contributed by atoms with van der Waals surface area (Å²) < 4.78 is 70.0. The van der Waals surface area contributed by atoms with E-state index in [-0.39, 0.29) is 89.3 Å². The predicted octanol–water partition coefficient (Wildman–Crippen LogP) is -4.09. The van der Waals surface area contributed by atoms with E-state index in [9.17, 15) is 25.9 Å². The molecular formula is C15H15N3Na2O7S2. The van der Waals surface area contributed by atoms with Crippen LogP contribution in [0.25, 0.3) is 0 Å². The molecule has 0 unspecified atom stereocenters. The summed E-state index contributed by atoms with van der Waals surface area (Å²) in [6, 6.07) is 9.53. The molecule has 14 heteroatoms. The Balaban J connectivity index is 0.00000392. The van der Waals surface area contributed by atoms with Gasteiger partial charge >= 0.3 is 59.1 Å². The van der Waals surface area contributed by atoms with Crippen molar-refractivity contribution in [3.63, 3.8) is 0 Å². The number of anilines is 1. The Hall–Kier alpha value is -0.540. The Morgan fingerprint density at radius 2 is 1.55 bits per heavy atom. The minimum Gasteiger partial charge on any atom is -0.748 e. The average molecular weight is 459 g/mol. The predicted molar refractivity (Wildman–Crippen MR) is 94.1 cm³/mol. The van der Waals surface area contributed by atoms with Gasteiger partial charge in [0.25, 0.3) is 0 Å². The van der Waals surface area contributed by atoms with Crippen molar-refractivity contribution in [1.82, 2.24) is 0 Å². The Morgan fingerprint density at radius 3 is 2.14 bits per heavy atom. The van der Waals surface area contributed by atoms with Gasteiger partial charge in [0.1, 0.15) is 15.9 Å². The van der Waals surface area contributed by atoms with E-state index < -0.39 is 30.9 Å². The van der Waals surface area contributed by atoms with Crippen molar-refractivity contribution in [2.24, 2.45) is 10.2 Å². The molecule has 0 aliphatic rings. The molecule has 146 valence electrons. The van der Waals surface area contributed by atoms with E-state index in [1.54, 1.807) is 0 Å². The molecule has 0 bridgehead atoms. The van der Waals surface area contributed by atoms with Crippen LogP contribution in [0.15, 0.2) is 57.6 Å². The zero-order valence-electron chi connectivity index (χ0n) is 15.8. The van der Waals surface area contributed by atoms with Gasteiger partial charge in [-0.15, -0.1) is 0 Å². The number of nitrogens with two attached hydrogens (primary N) is 1. The molecule has 2 N–H and O–H groups in total. The second kappa shape index (κ2) is 12.3. The third-order valence-corrected chi connectivity index (χ3v) is 4.80. The molecule has 0 fully saturated rings. The van der Waals surface area contributed by atoms with Gasteiger partial charge in [-0.2, -0.15) is 10.2 Å². The molecule has 0 saturated carbocycles. The molecule has 0 aliphatic carbocycles. The van der Waals surface area contributed by atoms with Crippen LogP contribution in [0.1, 0.15) is 6.42 Å². The van der Waals surface area contributed by atoms with Crippen LogP contribution in [0.3, 0.4) is 0 Å². The molecule has 2 rings (SSSR count). The summed E-state index contributed by atoms with van der Waals surface area (Å²) in [5, 5.41) is 7.77. The topological polar surface area (TPSA) is 174 Å². The molecule has 2 aromatic rings. The van der Waals surface area contributed by atoms with Gasteiger partial charge in [-0.25, -0.2) is 16.8 Å². The number of ether oxygens (including phenoxy) is 1. The Kier molecular flexibility index (Phi) is 12.1. The van der Waals surface area contributed by atoms with E-state index in [2.05, 4.69) is 10.2 Å². The van der Waals surface area contributed by atoms with Crippen LogP contribution in [0.4, 0.5) is 17.1 Å². The molecule has 10 nitrogen and oxygen atoms in total. The summed E-state index contributed by atoms with van der Waals surface area (Å²) in [4.78, 5) is -0.423. The standard InChI is InChI=1S/C15H17N3O7S2.2Na/c16-14-6-5-12(10-15(14)25-7-2-8-26(19,20)21)18-17-11-3-1-4-13(9-11)27(22,23)24;;/h1,3-6,9-10H,2,7-8,16H2,(H,19,20,21)(H,22,23,24);;/q;2*+1/p-2. The zero-order valence-corrected chi connectivity index (χ0v) is 21.4. The molecule has 2 aromatic carbocycles. The fourth-order valence-corrected chi connectivity index (χ4v) is 2.93. The van der Waals surface area contributed by atoms with Gasteiger partial charge in [-0.3, -0.25) is 0 Å². The molecule has 0 spiro atoms. The molecule has 0 aliphatic heterocycles. The molecule has 0 radical (unpaired) electrons. The van der Waals surface area contributed by atoms with Crippen LogP contribution < -0.4 is 69.6 Å². The van der Waals surface area contributed by atoms with Gasteiger partial charge in [0.05, 0.1) is 38.7 Å². The molecule has 29 heavy (non-hydrogen) atoms. The van der Waals surface area contributed by atoms with Crippen molar-refractivity contribution in [3.05, 3.63) is 42.5 Å². The van der Waals surface area contributed by atoms with Crippen molar-refractivity contribution in [3.8, 4) is 5.75 Å². The number of nitrogen functional groups attached to an aromatic ring is 1. The van der Waals surface area contributed by atoms with Crippen molar-refractivity contribution < 1.29 is 89.8 Å². The van der Waals surface area contributed by atoms with Gasteiger partial charge < -0.3 is 19.6 Å². The van der Waals surface area contributed by atoms with E-state index in [0.29, 0.717) is 5.69 Å².